The molecule has 0 fully saturated rings. The van der Waals surface area contributed by atoms with Crippen molar-refractivity contribution in [3.8, 4) is 11.3 Å². The van der Waals surface area contributed by atoms with Crippen molar-refractivity contribution >= 4 is 45.2 Å². The number of hydrogen-bond acceptors (Lipinski definition) is 4. The summed E-state index contributed by atoms with van der Waals surface area (Å²) in [5.41, 5.74) is 4.46. The Morgan fingerprint density at radius 2 is 1.64 bits per heavy atom. The van der Waals surface area contributed by atoms with Crippen molar-refractivity contribution in [3.63, 3.8) is 0 Å². The van der Waals surface area contributed by atoms with Crippen LogP contribution in [0.5, 0.6) is 0 Å². The van der Waals surface area contributed by atoms with Crippen LogP contribution in [-0.4, -0.2) is 19.4 Å². The minimum atomic E-state index is -1.31. The lowest BCUT2D eigenvalue weighted by molar-refractivity contribution is 0.103. The molecule has 1 aliphatic rings. The summed E-state index contributed by atoms with van der Waals surface area (Å²) in [5.74, 6) is -0.173. The van der Waals surface area contributed by atoms with E-state index in [1.807, 2.05) is 60.8 Å². The normalized spacial score (nSPS) is 14.4. The lowest BCUT2D eigenvalue weighted by Gasteiger charge is -2.21. The zero-order chi connectivity index (χ0) is 22.5. The molecule has 0 radical (unpaired) electrons. The van der Waals surface area contributed by atoms with Crippen LogP contribution in [0.2, 0.25) is 5.02 Å². The molecule has 160 valence electrons. The van der Waals surface area contributed by atoms with E-state index in [4.69, 9.17) is 16.6 Å². The molecule has 3 heterocycles. The molecule has 1 aliphatic heterocycles. The Balaban J connectivity index is 1.49. The summed E-state index contributed by atoms with van der Waals surface area (Å²) in [7, 11) is -1.31. The van der Waals surface area contributed by atoms with Crippen LogP contribution in [0.15, 0.2) is 101 Å². The summed E-state index contributed by atoms with van der Waals surface area (Å²) in [6, 6.07) is 25.6. The van der Waals surface area contributed by atoms with Crippen LogP contribution in [0.25, 0.3) is 16.9 Å². The molecule has 0 bridgehead atoms. The van der Waals surface area contributed by atoms with Crippen LogP contribution >= 0.6 is 11.6 Å². The van der Waals surface area contributed by atoms with Crippen molar-refractivity contribution in [2.45, 2.75) is 9.79 Å². The van der Waals surface area contributed by atoms with Crippen LogP contribution in [0.3, 0.4) is 0 Å². The first-order chi connectivity index (χ1) is 16.1. The number of anilines is 2. The van der Waals surface area contributed by atoms with E-state index < -0.39 is 10.8 Å². The molecule has 0 aliphatic carbocycles. The molecule has 33 heavy (non-hydrogen) atoms. The number of pyridine rings is 1. The second-order valence-corrected chi connectivity index (χ2v) is 9.53. The Morgan fingerprint density at radius 3 is 2.48 bits per heavy atom. The van der Waals surface area contributed by atoms with Crippen molar-refractivity contribution in [3.05, 3.63) is 107 Å². The van der Waals surface area contributed by atoms with Crippen LogP contribution in [0.4, 0.5) is 11.4 Å². The van der Waals surface area contributed by atoms with Gasteiger partial charge in [0.2, 0.25) is 5.78 Å². The topological polar surface area (TPSA) is 63.5 Å². The highest BCUT2D eigenvalue weighted by molar-refractivity contribution is 7.85. The number of fused-ring (bicyclic) bond motifs is 3. The van der Waals surface area contributed by atoms with Gasteiger partial charge in [-0.2, -0.15) is 0 Å². The lowest BCUT2D eigenvalue weighted by Crippen LogP contribution is -2.11. The summed E-state index contributed by atoms with van der Waals surface area (Å²) in [6.45, 7) is 0. The maximum Gasteiger partial charge on any atom is 0.212 e. The first-order valence-electron chi connectivity index (χ1n) is 10.3. The van der Waals surface area contributed by atoms with E-state index in [1.165, 1.54) is 0 Å². The molecule has 0 spiro atoms. The average molecular weight is 470 g/mol. The molecule has 3 aromatic carbocycles. The number of rotatable bonds is 3. The highest BCUT2D eigenvalue weighted by atomic mass is 35.5. The second-order valence-electron chi connectivity index (χ2n) is 7.67. The Bertz CT molecular complexity index is 1590. The average Bonchev–Trinajstić information content (AvgIpc) is 3.23. The quantitative estimate of drug-likeness (QED) is 0.318. The molecule has 0 saturated heterocycles. The zero-order valence-corrected chi connectivity index (χ0v) is 18.7. The van der Waals surface area contributed by atoms with Crippen molar-refractivity contribution in [1.29, 1.82) is 0 Å². The number of ketones is 1. The van der Waals surface area contributed by atoms with Crippen LogP contribution in [0.1, 0.15) is 16.1 Å². The standard InChI is InChI=1S/C26H16ClN3O2S/c27-18-11-8-16(9-12-18)24-25(30-14-4-3-7-23(30)29-24)26(31)17-10-13-22-20(15-17)28-19-5-1-2-6-21(19)33(22)32/h1-15,28H. The number of para-hydroxylation sites is 1. The van der Waals surface area contributed by atoms with Crippen LogP contribution in [-0.2, 0) is 10.8 Å². The summed E-state index contributed by atoms with van der Waals surface area (Å²) >= 11 is 6.07. The molecule has 5 nitrogen and oxygen atoms in total. The minimum Gasteiger partial charge on any atom is -0.354 e. The van der Waals surface area contributed by atoms with E-state index in [1.54, 1.807) is 34.7 Å². The van der Waals surface area contributed by atoms with Crippen molar-refractivity contribution in [2.24, 2.45) is 0 Å². The van der Waals surface area contributed by atoms with E-state index in [9.17, 15) is 9.00 Å². The lowest BCUT2D eigenvalue weighted by atomic mass is 10.0. The van der Waals surface area contributed by atoms with E-state index in [-0.39, 0.29) is 5.78 Å². The molecule has 1 N–H and O–H groups in total. The van der Waals surface area contributed by atoms with E-state index in [0.29, 0.717) is 38.2 Å². The van der Waals surface area contributed by atoms with Crippen molar-refractivity contribution in [1.82, 2.24) is 9.38 Å². The van der Waals surface area contributed by atoms with Gasteiger partial charge in [0.05, 0.1) is 32.0 Å². The zero-order valence-electron chi connectivity index (χ0n) is 17.2. The van der Waals surface area contributed by atoms with Gasteiger partial charge >= 0.3 is 0 Å². The molecule has 0 amide bonds. The fraction of sp³-hybridized carbons (Fsp3) is 0. The Hall–Kier alpha value is -3.74. The van der Waals surface area contributed by atoms with Gasteiger partial charge in [0.1, 0.15) is 17.0 Å². The third-order valence-electron chi connectivity index (χ3n) is 5.66. The molecule has 2 aromatic heterocycles. The van der Waals surface area contributed by atoms with Gasteiger partial charge in [0.25, 0.3) is 0 Å². The molecule has 0 saturated carbocycles. The molecule has 1 atom stereocenters. The number of nitrogens with one attached hydrogen (secondary N) is 1. The number of hydrogen-bond donors (Lipinski definition) is 1. The summed E-state index contributed by atoms with van der Waals surface area (Å²) in [4.78, 5) is 19.9. The summed E-state index contributed by atoms with van der Waals surface area (Å²) in [5, 5.41) is 3.93. The first-order valence-corrected chi connectivity index (χ1v) is 11.8. The monoisotopic (exact) mass is 469 g/mol. The molecular formula is C26H16ClN3O2S. The van der Waals surface area contributed by atoms with Crippen LogP contribution < -0.4 is 5.32 Å². The third-order valence-corrected chi connectivity index (χ3v) is 7.42. The predicted molar refractivity (Wildman–Crippen MR) is 130 cm³/mol. The van der Waals surface area contributed by atoms with Gasteiger partial charge < -0.3 is 5.32 Å². The summed E-state index contributed by atoms with van der Waals surface area (Å²) in [6.07, 6.45) is 1.83. The van der Waals surface area contributed by atoms with Gasteiger partial charge in [0, 0.05) is 22.3 Å². The number of imidazole rings is 1. The number of aromatic nitrogens is 2. The molecule has 5 aromatic rings. The predicted octanol–water partition coefficient (Wildman–Crippen LogP) is 6.11. The van der Waals surface area contributed by atoms with Gasteiger partial charge in [-0.1, -0.05) is 41.9 Å². The van der Waals surface area contributed by atoms with Gasteiger partial charge in [-0.3, -0.25) is 9.20 Å². The van der Waals surface area contributed by atoms with Crippen LogP contribution in [0, 0.1) is 0 Å². The second kappa shape index (κ2) is 7.69. The Kier molecular flexibility index (Phi) is 4.64. The molecule has 7 heteroatoms. The van der Waals surface area contributed by atoms with Gasteiger partial charge in [0.15, 0.2) is 0 Å². The number of halogens is 1. The van der Waals surface area contributed by atoms with Gasteiger partial charge in [-0.25, -0.2) is 9.19 Å². The SMILES string of the molecule is O=C(c1ccc2c(c1)Nc1ccccc1S2=O)c1c(-c2ccc(Cl)cc2)nc2ccccn12. The smallest absolute Gasteiger partial charge is 0.212 e. The summed E-state index contributed by atoms with van der Waals surface area (Å²) < 4.78 is 14.8. The first kappa shape index (κ1) is 19.9. The highest BCUT2D eigenvalue weighted by Crippen LogP contribution is 2.38. The largest absolute Gasteiger partial charge is 0.354 e. The molecule has 1 unspecified atom stereocenters. The van der Waals surface area contributed by atoms with E-state index in [0.717, 1.165) is 16.1 Å². The van der Waals surface area contributed by atoms with E-state index in [2.05, 4.69) is 5.32 Å². The number of carbonyl (C=O) groups excluding carboxylic acids is 1. The van der Waals surface area contributed by atoms with Gasteiger partial charge in [-0.05, 0) is 54.6 Å². The number of nitrogens with zero attached hydrogens (tertiary/aromatic N) is 2. The maximum atomic E-state index is 13.8. The number of carbonyl (C=O) groups is 1. The maximum absolute atomic E-state index is 13.8. The highest BCUT2D eigenvalue weighted by Gasteiger charge is 2.26. The van der Waals surface area contributed by atoms with Crippen molar-refractivity contribution < 1.29 is 9.00 Å². The van der Waals surface area contributed by atoms with Gasteiger partial charge in [-0.15, -0.1) is 0 Å². The van der Waals surface area contributed by atoms with E-state index >= 15 is 0 Å². The molecular weight excluding hydrogens is 454 g/mol. The van der Waals surface area contributed by atoms with Crippen molar-refractivity contribution in [2.75, 3.05) is 5.32 Å². The Morgan fingerprint density at radius 1 is 0.879 bits per heavy atom. The minimum absolute atomic E-state index is 0.173. The fourth-order valence-corrected chi connectivity index (χ4v) is 5.47. The fourth-order valence-electron chi connectivity index (χ4n) is 4.08. The Labute approximate surface area is 197 Å². The third kappa shape index (κ3) is 3.26. The molecule has 6 rings (SSSR count). The number of benzene rings is 3.